The zero-order valence-corrected chi connectivity index (χ0v) is 9.96. The minimum absolute atomic E-state index is 0.0744. The summed E-state index contributed by atoms with van der Waals surface area (Å²) in [5, 5.41) is 25.4. The summed E-state index contributed by atoms with van der Waals surface area (Å²) in [5.41, 5.74) is 1.35. The smallest absolute Gasteiger partial charge is 0.313 e. The first-order chi connectivity index (χ1) is 8.70. The quantitative estimate of drug-likeness (QED) is 0.833. The van der Waals surface area contributed by atoms with Gasteiger partial charge in [0.05, 0.1) is 17.4 Å². The number of carbonyl (C=O) groups is 1. The van der Waals surface area contributed by atoms with Gasteiger partial charge in [0.1, 0.15) is 6.33 Å². The van der Waals surface area contributed by atoms with Crippen molar-refractivity contribution in [2.24, 2.45) is 0 Å². The third-order valence-electron chi connectivity index (χ3n) is 2.12. The predicted molar refractivity (Wildman–Crippen MR) is 64.4 cm³/mol. The highest BCUT2D eigenvalue weighted by atomic mass is 32.2. The predicted octanol–water partition coefficient (Wildman–Crippen LogP) is 1.32. The Morgan fingerprint density at radius 3 is 2.78 bits per heavy atom. The summed E-state index contributed by atoms with van der Waals surface area (Å²) < 4.78 is 1.68. The molecule has 0 saturated heterocycles. The Hall–Kier alpha value is -2.33. The van der Waals surface area contributed by atoms with Gasteiger partial charge in [-0.3, -0.25) is 9.36 Å². The topological polar surface area (TPSA) is 91.8 Å². The molecule has 0 spiro atoms. The summed E-state index contributed by atoms with van der Waals surface area (Å²) in [6, 6.07) is 8.91. The molecule has 0 aliphatic carbocycles. The summed E-state index contributed by atoms with van der Waals surface area (Å²) in [6.45, 7) is 0. The van der Waals surface area contributed by atoms with Crippen molar-refractivity contribution >= 4 is 17.7 Å². The van der Waals surface area contributed by atoms with Crippen LogP contribution in [0.2, 0.25) is 0 Å². The van der Waals surface area contributed by atoms with Gasteiger partial charge in [0.15, 0.2) is 5.16 Å². The van der Waals surface area contributed by atoms with E-state index in [1.807, 2.05) is 6.07 Å². The van der Waals surface area contributed by atoms with Gasteiger partial charge in [-0.2, -0.15) is 5.26 Å². The molecule has 0 radical (unpaired) electrons. The van der Waals surface area contributed by atoms with Gasteiger partial charge < -0.3 is 5.11 Å². The molecule has 0 unspecified atom stereocenters. The van der Waals surface area contributed by atoms with Crippen LogP contribution in [-0.4, -0.2) is 31.6 Å². The third kappa shape index (κ3) is 2.67. The second kappa shape index (κ2) is 5.33. The number of hydrogen-bond donors (Lipinski definition) is 1. The first kappa shape index (κ1) is 12.1. The highest BCUT2D eigenvalue weighted by molar-refractivity contribution is 7.99. The summed E-state index contributed by atoms with van der Waals surface area (Å²) in [6.07, 6.45) is 1.51. The minimum Gasteiger partial charge on any atom is -0.481 e. The summed E-state index contributed by atoms with van der Waals surface area (Å²) >= 11 is 1.09. The molecule has 18 heavy (non-hydrogen) atoms. The van der Waals surface area contributed by atoms with Crippen molar-refractivity contribution in [1.82, 2.24) is 14.8 Å². The van der Waals surface area contributed by atoms with E-state index in [-0.39, 0.29) is 5.75 Å². The average Bonchev–Trinajstić information content (AvgIpc) is 2.85. The largest absolute Gasteiger partial charge is 0.481 e. The molecule has 0 fully saturated rings. The lowest BCUT2D eigenvalue weighted by molar-refractivity contribution is -0.133. The van der Waals surface area contributed by atoms with Crippen molar-refractivity contribution in [2.75, 3.05) is 5.75 Å². The van der Waals surface area contributed by atoms with Crippen LogP contribution in [-0.2, 0) is 4.79 Å². The van der Waals surface area contributed by atoms with E-state index >= 15 is 0 Å². The van der Waals surface area contributed by atoms with Crippen LogP contribution in [0.4, 0.5) is 0 Å². The number of carboxylic acids is 1. The van der Waals surface area contributed by atoms with Gasteiger partial charge in [0.25, 0.3) is 0 Å². The van der Waals surface area contributed by atoms with Crippen LogP contribution >= 0.6 is 11.8 Å². The van der Waals surface area contributed by atoms with Gasteiger partial charge in [-0.1, -0.05) is 11.8 Å². The van der Waals surface area contributed by atoms with E-state index in [0.29, 0.717) is 10.7 Å². The van der Waals surface area contributed by atoms with Crippen molar-refractivity contribution in [3.8, 4) is 11.8 Å². The van der Waals surface area contributed by atoms with E-state index in [4.69, 9.17) is 10.4 Å². The molecule has 6 nitrogen and oxygen atoms in total. The van der Waals surface area contributed by atoms with Crippen LogP contribution in [0.3, 0.4) is 0 Å². The molecule has 0 aliphatic rings. The Labute approximate surface area is 107 Å². The molecule has 0 aliphatic heterocycles. The SMILES string of the molecule is N#Cc1ccc(-n2cnnc2SCC(=O)O)cc1. The molecule has 1 heterocycles. The van der Waals surface area contributed by atoms with Gasteiger partial charge in [-0.15, -0.1) is 10.2 Å². The maximum absolute atomic E-state index is 10.5. The van der Waals surface area contributed by atoms with E-state index in [0.717, 1.165) is 17.4 Å². The lowest BCUT2D eigenvalue weighted by atomic mass is 10.2. The number of hydrogen-bond acceptors (Lipinski definition) is 5. The van der Waals surface area contributed by atoms with Crippen LogP contribution in [0.15, 0.2) is 35.7 Å². The maximum Gasteiger partial charge on any atom is 0.313 e. The van der Waals surface area contributed by atoms with Crippen molar-refractivity contribution < 1.29 is 9.90 Å². The summed E-state index contributed by atoms with van der Waals surface area (Å²) in [5.74, 6) is -0.982. The number of aliphatic carboxylic acids is 1. The van der Waals surface area contributed by atoms with Gasteiger partial charge >= 0.3 is 5.97 Å². The van der Waals surface area contributed by atoms with E-state index in [2.05, 4.69) is 10.2 Å². The Bertz CT molecular complexity index is 600. The molecule has 1 aromatic heterocycles. The maximum atomic E-state index is 10.5. The second-order valence-corrected chi connectivity index (χ2v) is 4.27. The second-order valence-electron chi connectivity index (χ2n) is 3.32. The van der Waals surface area contributed by atoms with Crippen LogP contribution < -0.4 is 0 Å². The molecule has 0 atom stereocenters. The first-order valence-corrected chi connectivity index (χ1v) is 5.94. The molecular weight excluding hydrogens is 252 g/mol. The third-order valence-corrected chi connectivity index (χ3v) is 3.04. The number of rotatable bonds is 4. The van der Waals surface area contributed by atoms with Gasteiger partial charge in [-0.05, 0) is 24.3 Å². The van der Waals surface area contributed by atoms with Crippen molar-refractivity contribution in [1.29, 1.82) is 5.26 Å². The zero-order valence-electron chi connectivity index (χ0n) is 9.15. The lowest BCUT2D eigenvalue weighted by Crippen LogP contribution is -2.01. The Morgan fingerprint density at radius 2 is 2.17 bits per heavy atom. The molecule has 7 heteroatoms. The van der Waals surface area contributed by atoms with E-state index in [9.17, 15) is 4.79 Å². The Morgan fingerprint density at radius 1 is 1.44 bits per heavy atom. The fourth-order valence-electron chi connectivity index (χ4n) is 1.32. The minimum atomic E-state index is -0.908. The average molecular weight is 260 g/mol. The monoisotopic (exact) mass is 260 g/mol. The Balaban J connectivity index is 2.25. The Kier molecular flexibility index (Phi) is 3.60. The molecule has 0 bridgehead atoms. The molecule has 2 aromatic rings. The van der Waals surface area contributed by atoms with Crippen LogP contribution in [0.5, 0.6) is 0 Å². The normalized spacial score (nSPS) is 9.94. The number of benzene rings is 1. The van der Waals surface area contributed by atoms with Crippen LogP contribution in [0.1, 0.15) is 5.56 Å². The van der Waals surface area contributed by atoms with Crippen LogP contribution in [0, 0.1) is 11.3 Å². The van der Waals surface area contributed by atoms with Gasteiger partial charge in [0, 0.05) is 5.69 Å². The lowest BCUT2D eigenvalue weighted by Gasteiger charge is -2.04. The summed E-state index contributed by atoms with van der Waals surface area (Å²) in [4.78, 5) is 10.5. The highest BCUT2D eigenvalue weighted by Gasteiger charge is 2.09. The fourth-order valence-corrected chi connectivity index (χ4v) is 1.97. The number of nitriles is 1. The molecule has 1 N–H and O–H groups in total. The van der Waals surface area contributed by atoms with Gasteiger partial charge in [0.2, 0.25) is 0 Å². The number of carboxylic acid groups (broad SMARTS) is 1. The standard InChI is InChI=1S/C11H8N4O2S/c12-5-8-1-3-9(4-2-8)15-7-13-14-11(15)18-6-10(16)17/h1-4,7H,6H2,(H,16,17). The fraction of sp³-hybridized carbons (Fsp3) is 0.0909. The van der Waals surface area contributed by atoms with Gasteiger partial charge in [-0.25, -0.2) is 0 Å². The number of aromatic nitrogens is 3. The molecule has 0 saturated carbocycles. The highest BCUT2D eigenvalue weighted by Crippen LogP contribution is 2.19. The van der Waals surface area contributed by atoms with Crippen LogP contribution in [0.25, 0.3) is 5.69 Å². The van der Waals surface area contributed by atoms with Crippen molar-refractivity contribution in [2.45, 2.75) is 5.16 Å². The molecule has 90 valence electrons. The molecular formula is C11H8N4O2S. The molecule has 1 aromatic carbocycles. The molecule has 0 amide bonds. The number of thioether (sulfide) groups is 1. The van der Waals surface area contributed by atoms with E-state index in [1.165, 1.54) is 6.33 Å². The first-order valence-electron chi connectivity index (χ1n) is 4.96. The summed E-state index contributed by atoms with van der Waals surface area (Å²) in [7, 11) is 0. The van der Waals surface area contributed by atoms with E-state index < -0.39 is 5.97 Å². The zero-order chi connectivity index (χ0) is 13.0. The van der Waals surface area contributed by atoms with E-state index in [1.54, 1.807) is 28.8 Å². The van der Waals surface area contributed by atoms with Crippen molar-refractivity contribution in [3.05, 3.63) is 36.2 Å². The number of nitrogens with zero attached hydrogens (tertiary/aromatic N) is 4. The molecule has 2 rings (SSSR count). The van der Waals surface area contributed by atoms with Crippen molar-refractivity contribution in [3.63, 3.8) is 0 Å².